The summed E-state index contributed by atoms with van der Waals surface area (Å²) in [6, 6.07) is 25.3. The van der Waals surface area contributed by atoms with E-state index in [0.29, 0.717) is 5.56 Å². The van der Waals surface area contributed by atoms with Crippen LogP contribution in [-0.2, 0) is 0 Å². The van der Waals surface area contributed by atoms with Crippen LogP contribution in [0.2, 0.25) is 0 Å². The Morgan fingerprint density at radius 2 is 1.46 bits per heavy atom. The van der Waals surface area contributed by atoms with E-state index in [-0.39, 0.29) is 5.91 Å². The molecule has 0 fully saturated rings. The monoisotopic (exact) mass is 373 g/mol. The summed E-state index contributed by atoms with van der Waals surface area (Å²) in [5, 5.41) is 2.93. The third-order valence-electron chi connectivity index (χ3n) is 4.63. The fraction of sp³-hybridized carbons (Fsp3) is 0.240. The maximum Gasteiger partial charge on any atom is 0.255 e. The van der Waals surface area contributed by atoms with Gasteiger partial charge in [-0.25, -0.2) is 0 Å². The van der Waals surface area contributed by atoms with Crippen LogP contribution in [0.25, 0.3) is 11.1 Å². The number of benzene rings is 3. The van der Waals surface area contributed by atoms with Gasteiger partial charge in [-0.3, -0.25) is 4.79 Å². The average Bonchev–Trinajstić information content (AvgIpc) is 2.75. The highest BCUT2D eigenvalue weighted by Gasteiger charge is 2.07. The molecule has 1 N–H and O–H groups in total. The van der Waals surface area contributed by atoms with Crippen LogP contribution in [-0.4, -0.2) is 12.5 Å². The lowest BCUT2D eigenvalue weighted by atomic mass is 10.0. The van der Waals surface area contributed by atoms with Gasteiger partial charge in [0.2, 0.25) is 0 Å². The van der Waals surface area contributed by atoms with Crippen molar-refractivity contribution < 1.29 is 9.53 Å². The Balaban J connectivity index is 1.53. The molecular weight excluding hydrogens is 346 g/mol. The van der Waals surface area contributed by atoms with Crippen molar-refractivity contribution in [1.29, 1.82) is 0 Å². The highest BCUT2D eigenvalue weighted by atomic mass is 16.5. The Morgan fingerprint density at radius 1 is 0.786 bits per heavy atom. The van der Waals surface area contributed by atoms with Gasteiger partial charge >= 0.3 is 0 Å². The molecule has 0 bridgehead atoms. The second-order valence-corrected chi connectivity index (χ2v) is 6.83. The molecule has 0 saturated heterocycles. The Hall–Kier alpha value is -3.07. The molecule has 28 heavy (non-hydrogen) atoms. The van der Waals surface area contributed by atoms with Crippen molar-refractivity contribution in [3.63, 3.8) is 0 Å². The summed E-state index contributed by atoms with van der Waals surface area (Å²) >= 11 is 0. The predicted octanol–water partition coefficient (Wildman–Crippen LogP) is 6.57. The maximum absolute atomic E-state index is 12.5. The normalized spacial score (nSPS) is 10.5. The first kappa shape index (κ1) is 19.7. The molecular formula is C25H27NO2. The van der Waals surface area contributed by atoms with E-state index in [1.165, 1.54) is 19.3 Å². The second-order valence-electron chi connectivity index (χ2n) is 6.83. The van der Waals surface area contributed by atoms with Gasteiger partial charge in [0.1, 0.15) is 5.75 Å². The fourth-order valence-corrected chi connectivity index (χ4v) is 3.00. The maximum atomic E-state index is 12.5. The summed E-state index contributed by atoms with van der Waals surface area (Å²) in [5.74, 6) is 0.717. The van der Waals surface area contributed by atoms with Gasteiger partial charge in [0.25, 0.3) is 5.91 Å². The second kappa shape index (κ2) is 10.3. The lowest BCUT2D eigenvalue weighted by molar-refractivity contribution is 0.102. The van der Waals surface area contributed by atoms with Crippen LogP contribution in [0.3, 0.4) is 0 Å². The largest absolute Gasteiger partial charge is 0.494 e. The molecule has 0 aliphatic carbocycles. The number of hydrogen-bond donors (Lipinski definition) is 1. The smallest absolute Gasteiger partial charge is 0.255 e. The minimum Gasteiger partial charge on any atom is -0.494 e. The molecule has 0 heterocycles. The standard InChI is InChI=1S/C25H27NO2/c1-2-3-4-8-19-28-24-17-15-23(16-18-24)26-25(27)22-13-11-21(12-14-22)20-9-6-5-7-10-20/h5-7,9-18H,2-4,8,19H2,1H3,(H,26,27). The summed E-state index contributed by atoms with van der Waals surface area (Å²) in [4.78, 5) is 12.5. The van der Waals surface area contributed by atoms with E-state index in [0.717, 1.165) is 35.6 Å². The molecule has 3 aromatic rings. The van der Waals surface area contributed by atoms with Crippen molar-refractivity contribution in [2.45, 2.75) is 32.6 Å². The van der Waals surface area contributed by atoms with Crippen LogP contribution in [0.4, 0.5) is 5.69 Å². The van der Waals surface area contributed by atoms with Gasteiger partial charge in [0.15, 0.2) is 0 Å². The number of nitrogens with one attached hydrogen (secondary N) is 1. The molecule has 3 rings (SSSR count). The number of anilines is 1. The number of amides is 1. The molecule has 0 spiro atoms. The lowest BCUT2D eigenvalue weighted by Crippen LogP contribution is -2.11. The van der Waals surface area contributed by atoms with Crippen LogP contribution in [0.1, 0.15) is 43.0 Å². The number of unbranched alkanes of at least 4 members (excludes halogenated alkanes) is 3. The zero-order chi connectivity index (χ0) is 19.6. The van der Waals surface area contributed by atoms with Gasteiger partial charge in [-0.2, -0.15) is 0 Å². The van der Waals surface area contributed by atoms with Crippen molar-refractivity contribution >= 4 is 11.6 Å². The third-order valence-corrected chi connectivity index (χ3v) is 4.63. The molecule has 0 aromatic heterocycles. The first-order chi connectivity index (χ1) is 13.8. The highest BCUT2D eigenvalue weighted by molar-refractivity contribution is 6.04. The highest BCUT2D eigenvalue weighted by Crippen LogP contribution is 2.20. The molecule has 3 aromatic carbocycles. The SMILES string of the molecule is CCCCCCOc1ccc(NC(=O)c2ccc(-c3ccccc3)cc2)cc1. The van der Waals surface area contributed by atoms with E-state index < -0.39 is 0 Å². The van der Waals surface area contributed by atoms with E-state index in [2.05, 4.69) is 24.4 Å². The molecule has 0 aliphatic heterocycles. The summed E-state index contributed by atoms with van der Waals surface area (Å²) in [5.41, 5.74) is 3.63. The molecule has 144 valence electrons. The number of carbonyl (C=O) groups excluding carboxylic acids is 1. The fourth-order valence-electron chi connectivity index (χ4n) is 3.00. The first-order valence-corrected chi connectivity index (χ1v) is 9.96. The van der Waals surface area contributed by atoms with E-state index >= 15 is 0 Å². The Bertz CT molecular complexity index is 855. The topological polar surface area (TPSA) is 38.3 Å². The molecule has 1 amide bonds. The van der Waals surface area contributed by atoms with Crippen LogP contribution in [0.5, 0.6) is 5.75 Å². The molecule has 3 heteroatoms. The Morgan fingerprint density at radius 3 is 2.14 bits per heavy atom. The van der Waals surface area contributed by atoms with Gasteiger partial charge < -0.3 is 10.1 Å². The summed E-state index contributed by atoms with van der Waals surface area (Å²) in [6.45, 7) is 2.94. The van der Waals surface area contributed by atoms with Crippen LogP contribution in [0.15, 0.2) is 78.9 Å². The summed E-state index contributed by atoms with van der Waals surface area (Å²) in [6.07, 6.45) is 4.75. The van der Waals surface area contributed by atoms with Crippen LogP contribution in [0, 0.1) is 0 Å². The number of ether oxygens (including phenoxy) is 1. The summed E-state index contributed by atoms with van der Waals surface area (Å²) < 4.78 is 5.74. The van der Waals surface area contributed by atoms with E-state index in [9.17, 15) is 4.79 Å². The van der Waals surface area contributed by atoms with Crippen molar-refractivity contribution in [3.05, 3.63) is 84.4 Å². The van der Waals surface area contributed by atoms with Crippen LogP contribution >= 0.6 is 0 Å². The molecule has 0 saturated carbocycles. The van der Waals surface area contributed by atoms with Gasteiger partial charge in [-0.15, -0.1) is 0 Å². The van der Waals surface area contributed by atoms with Gasteiger partial charge in [0, 0.05) is 11.3 Å². The molecule has 3 nitrogen and oxygen atoms in total. The number of rotatable bonds is 9. The van der Waals surface area contributed by atoms with Gasteiger partial charge in [-0.05, 0) is 53.9 Å². The van der Waals surface area contributed by atoms with E-state index in [4.69, 9.17) is 4.74 Å². The van der Waals surface area contributed by atoms with Crippen LogP contribution < -0.4 is 10.1 Å². The lowest BCUT2D eigenvalue weighted by Gasteiger charge is -2.09. The van der Waals surface area contributed by atoms with Gasteiger partial charge in [-0.1, -0.05) is 68.7 Å². The predicted molar refractivity (Wildman–Crippen MR) is 116 cm³/mol. The third kappa shape index (κ3) is 5.71. The number of hydrogen-bond acceptors (Lipinski definition) is 2. The van der Waals surface area contributed by atoms with Gasteiger partial charge in [0.05, 0.1) is 6.61 Å². The van der Waals surface area contributed by atoms with E-state index in [1.54, 1.807) is 0 Å². The molecule has 0 aliphatic rings. The first-order valence-electron chi connectivity index (χ1n) is 9.96. The van der Waals surface area contributed by atoms with Crippen molar-refractivity contribution in [2.75, 3.05) is 11.9 Å². The quantitative estimate of drug-likeness (QED) is 0.431. The Labute approximate surface area is 167 Å². The minimum absolute atomic E-state index is 0.118. The molecule has 0 radical (unpaired) electrons. The van der Waals surface area contributed by atoms with Crippen molar-refractivity contribution in [1.82, 2.24) is 0 Å². The summed E-state index contributed by atoms with van der Waals surface area (Å²) in [7, 11) is 0. The van der Waals surface area contributed by atoms with Crippen molar-refractivity contribution in [3.8, 4) is 16.9 Å². The zero-order valence-corrected chi connectivity index (χ0v) is 16.4. The average molecular weight is 373 g/mol. The zero-order valence-electron chi connectivity index (χ0n) is 16.4. The van der Waals surface area contributed by atoms with Crippen molar-refractivity contribution in [2.24, 2.45) is 0 Å². The van der Waals surface area contributed by atoms with E-state index in [1.807, 2.05) is 66.7 Å². The Kier molecular flexibility index (Phi) is 7.25. The molecule has 0 atom stereocenters. The minimum atomic E-state index is -0.118. The molecule has 0 unspecified atom stereocenters. The number of carbonyl (C=O) groups is 1.